The zero-order chi connectivity index (χ0) is 20.7. The van der Waals surface area contributed by atoms with E-state index in [1.807, 2.05) is 13.8 Å². The summed E-state index contributed by atoms with van der Waals surface area (Å²) in [6.45, 7) is 5.39. The second kappa shape index (κ2) is 10.2. The van der Waals surface area contributed by atoms with Gasteiger partial charge in [-0.15, -0.1) is 0 Å². The molecule has 6 nitrogen and oxygen atoms in total. The van der Waals surface area contributed by atoms with Crippen molar-refractivity contribution in [3.63, 3.8) is 0 Å². The van der Waals surface area contributed by atoms with Crippen molar-refractivity contribution in [1.82, 2.24) is 10.7 Å². The van der Waals surface area contributed by atoms with Gasteiger partial charge in [0.25, 0.3) is 11.8 Å². The molecule has 2 aromatic rings. The minimum absolute atomic E-state index is 0.0181. The fourth-order valence-electron chi connectivity index (χ4n) is 2.23. The van der Waals surface area contributed by atoms with Crippen LogP contribution < -0.4 is 15.5 Å². The van der Waals surface area contributed by atoms with E-state index in [1.165, 1.54) is 6.21 Å². The van der Waals surface area contributed by atoms with Gasteiger partial charge in [-0.25, -0.2) is 5.43 Å². The Labute approximate surface area is 177 Å². The SMILES string of the molecule is CC(C)Oc1ccc(Cl)cc1C=NNC(=O)C(C)NC(=O)c1ccccc1Br. The van der Waals surface area contributed by atoms with Gasteiger partial charge < -0.3 is 10.1 Å². The van der Waals surface area contributed by atoms with Crippen LogP contribution in [0, 0.1) is 0 Å². The van der Waals surface area contributed by atoms with Gasteiger partial charge in [-0.2, -0.15) is 5.10 Å². The Morgan fingerprint density at radius 2 is 1.89 bits per heavy atom. The molecule has 0 aliphatic heterocycles. The molecule has 0 saturated heterocycles. The molecule has 0 aliphatic carbocycles. The molecule has 0 aliphatic rings. The quantitative estimate of drug-likeness (QED) is 0.475. The van der Waals surface area contributed by atoms with Crippen LogP contribution in [0.5, 0.6) is 5.75 Å². The number of hydrogen-bond donors (Lipinski definition) is 2. The monoisotopic (exact) mass is 465 g/mol. The highest BCUT2D eigenvalue weighted by Crippen LogP contribution is 2.22. The van der Waals surface area contributed by atoms with Crippen molar-refractivity contribution in [2.45, 2.75) is 32.9 Å². The van der Waals surface area contributed by atoms with E-state index in [1.54, 1.807) is 49.4 Å². The van der Waals surface area contributed by atoms with E-state index in [4.69, 9.17) is 16.3 Å². The van der Waals surface area contributed by atoms with E-state index in [9.17, 15) is 9.59 Å². The molecular formula is C20H21BrClN3O3. The second-order valence-electron chi connectivity index (χ2n) is 6.26. The third kappa shape index (κ3) is 6.35. The number of carbonyl (C=O) groups is 2. The molecule has 0 fully saturated rings. The largest absolute Gasteiger partial charge is 0.490 e. The maximum Gasteiger partial charge on any atom is 0.262 e. The van der Waals surface area contributed by atoms with E-state index in [0.29, 0.717) is 26.4 Å². The molecule has 0 saturated carbocycles. The molecule has 2 N–H and O–H groups in total. The maximum absolute atomic E-state index is 12.3. The highest BCUT2D eigenvalue weighted by molar-refractivity contribution is 9.10. The molecule has 0 spiro atoms. The summed E-state index contributed by atoms with van der Waals surface area (Å²) < 4.78 is 6.34. The summed E-state index contributed by atoms with van der Waals surface area (Å²) in [5.74, 6) is -0.209. The first kappa shape index (κ1) is 21.9. The van der Waals surface area contributed by atoms with Gasteiger partial charge in [0.1, 0.15) is 11.8 Å². The minimum Gasteiger partial charge on any atom is -0.490 e. The van der Waals surface area contributed by atoms with Crippen LogP contribution in [0.4, 0.5) is 0 Å². The summed E-state index contributed by atoms with van der Waals surface area (Å²) in [5.41, 5.74) is 3.48. The van der Waals surface area contributed by atoms with Gasteiger partial charge in [-0.3, -0.25) is 9.59 Å². The van der Waals surface area contributed by atoms with E-state index in [-0.39, 0.29) is 12.0 Å². The third-order valence-corrected chi connectivity index (χ3v) is 4.50. The average molecular weight is 467 g/mol. The Hall–Kier alpha value is -2.38. The van der Waals surface area contributed by atoms with Crippen molar-refractivity contribution in [3.05, 3.63) is 63.1 Å². The minimum atomic E-state index is -0.775. The Balaban J connectivity index is 1.99. The first-order valence-corrected chi connectivity index (χ1v) is 9.79. The fraction of sp³-hybridized carbons (Fsp3) is 0.250. The van der Waals surface area contributed by atoms with Gasteiger partial charge in [-0.05, 0) is 67.0 Å². The second-order valence-corrected chi connectivity index (χ2v) is 7.55. The van der Waals surface area contributed by atoms with Crippen molar-refractivity contribution >= 4 is 45.6 Å². The zero-order valence-electron chi connectivity index (χ0n) is 15.7. The van der Waals surface area contributed by atoms with Crippen molar-refractivity contribution in [2.24, 2.45) is 5.10 Å². The predicted octanol–water partition coefficient (Wildman–Crippen LogP) is 4.16. The van der Waals surface area contributed by atoms with Gasteiger partial charge in [-0.1, -0.05) is 23.7 Å². The van der Waals surface area contributed by atoms with Crippen LogP contribution in [-0.4, -0.2) is 30.2 Å². The summed E-state index contributed by atoms with van der Waals surface area (Å²) in [7, 11) is 0. The van der Waals surface area contributed by atoms with Crippen molar-refractivity contribution in [2.75, 3.05) is 0 Å². The first-order chi connectivity index (χ1) is 13.3. The number of nitrogens with one attached hydrogen (secondary N) is 2. The molecule has 1 atom stereocenters. The molecule has 148 valence electrons. The third-order valence-electron chi connectivity index (χ3n) is 3.57. The van der Waals surface area contributed by atoms with Crippen molar-refractivity contribution in [1.29, 1.82) is 0 Å². The molecule has 0 heterocycles. The van der Waals surface area contributed by atoms with Gasteiger partial charge in [0.05, 0.1) is 17.9 Å². The first-order valence-electron chi connectivity index (χ1n) is 8.62. The fourth-order valence-corrected chi connectivity index (χ4v) is 2.87. The average Bonchev–Trinajstić information content (AvgIpc) is 2.63. The lowest BCUT2D eigenvalue weighted by molar-refractivity contribution is -0.122. The molecule has 1 unspecified atom stereocenters. The van der Waals surface area contributed by atoms with Gasteiger partial charge in [0, 0.05) is 15.1 Å². The number of amides is 2. The number of halogens is 2. The predicted molar refractivity (Wildman–Crippen MR) is 114 cm³/mol. The van der Waals surface area contributed by atoms with E-state index >= 15 is 0 Å². The molecule has 28 heavy (non-hydrogen) atoms. The zero-order valence-corrected chi connectivity index (χ0v) is 18.0. The van der Waals surface area contributed by atoms with Crippen LogP contribution in [-0.2, 0) is 4.79 Å². The summed E-state index contributed by atoms with van der Waals surface area (Å²) >= 11 is 9.33. The number of hydrazone groups is 1. The summed E-state index contributed by atoms with van der Waals surface area (Å²) in [6.07, 6.45) is 1.43. The number of carbonyl (C=O) groups excluding carboxylic acids is 2. The molecule has 0 radical (unpaired) electrons. The molecule has 0 aromatic heterocycles. The Morgan fingerprint density at radius 3 is 2.57 bits per heavy atom. The number of nitrogens with zero attached hydrogens (tertiary/aromatic N) is 1. The van der Waals surface area contributed by atoms with Crippen molar-refractivity contribution < 1.29 is 14.3 Å². The number of rotatable bonds is 7. The van der Waals surface area contributed by atoms with Crippen LogP contribution in [0.1, 0.15) is 36.7 Å². The topological polar surface area (TPSA) is 79.8 Å². The van der Waals surface area contributed by atoms with Crippen molar-refractivity contribution in [3.8, 4) is 5.75 Å². The Bertz CT molecular complexity index is 887. The van der Waals surface area contributed by atoms with E-state index in [0.717, 1.165) is 0 Å². The lowest BCUT2D eigenvalue weighted by Gasteiger charge is -2.13. The van der Waals surface area contributed by atoms with Crippen LogP contribution in [0.15, 0.2) is 52.0 Å². The smallest absolute Gasteiger partial charge is 0.262 e. The lowest BCUT2D eigenvalue weighted by atomic mass is 10.2. The maximum atomic E-state index is 12.3. The lowest BCUT2D eigenvalue weighted by Crippen LogP contribution is -2.43. The molecule has 8 heteroatoms. The molecule has 2 aromatic carbocycles. The van der Waals surface area contributed by atoms with Crippen LogP contribution in [0.2, 0.25) is 5.02 Å². The standard InChI is InChI=1S/C20H21BrClN3O3/c1-12(2)28-18-9-8-15(22)10-14(18)11-23-25-19(26)13(3)24-20(27)16-6-4-5-7-17(16)21/h4-13H,1-3H3,(H,24,27)(H,25,26). The Morgan fingerprint density at radius 1 is 1.18 bits per heavy atom. The number of hydrogen-bond acceptors (Lipinski definition) is 4. The number of ether oxygens (including phenoxy) is 1. The summed E-state index contributed by atoms with van der Waals surface area (Å²) in [5, 5.41) is 7.10. The summed E-state index contributed by atoms with van der Waals surface area (Å²) in [4.78, 5) is 24.5. The van der Waals surface area contributed by atoms with E-state index < -0.39 is 11.9 Å². The normalized spacial score (nSPS) is 12.1. The summed E-state index contributed by atoms with van der Waals surface area (Å²) in [6, 6.07) is 11.3. The number of benzene rings is 2. The van der Waals surface area contributed by atoms with Crippen LogP contribution in [0.25, 0.3) is 0 Å². The Kier molecular flexibility index (Phi) is 8.02. The van der Waals surface area contributed by atoms with Gasteiger partial charge >= 0.3 is 0 Å². The molecular weight excluding hydrogens is 446 g/mol. The molecule has 0 bridgehead atoms. The molecule has 2 amide bonds. The molecule has 2 rings (SSSR count). The van der Waals surface area contributed by atoms with Gasteiger partial charge in [0.2, 0.25) is 0 Å². The van der Waals surface area contributed by atoms with Gasteiger partial charge in [0.15, 0.2) is 0 Å². The van der Waals surface area contributed by atoms with E-state index in [2.05, 4.69) is 31.8 Å². The highest BCUT2D eigenvalue weighted by atomic mass is 79.9. The van der Waals surface area contributed by atoms with Crippen LogP contribution >= 0.6 is 27.5 Å². The highest BCUT2D eigenvalue weighted by Gasteiger charge is 2.17. The van der Waals surface area contributed by atoms with Crippen LogP contribution in [0.3, 0.4) is 0 Å².